The fourth-order valence-corrected chi connectivity index (χ4v) is 2.52. The Balaban J connectivity index is 1.90. The SMILES string of the molecule is O=C(O)C(Cc1ccc(C(=O)O)cc1)=Nc1ccc2ccccc2c1. The van der Waals surface area contributed by atoms with Crippen LogP contribution >= 0.6 is 0 Å². The minimum absolute atomic E-state index is 0.00152. The Kier molecular flexibility index (Phi) is 4.57. The largest absolute Gasteiger partial charge is 0.478 e. The lowest BCUT2D eigenvalue weighted by atomic mass is 10.1. The smallest absolute Gasteiger partial charge is 0.350 e. The molecule has 0 amide bonds. The second-order valence-electron chi connectivity index (χ2n) is 5.57. The van der Waals surface area contributed by atoms with Gasteiger partial charge in [0.05, 0.1) is 11.3 Å². The molecule has 0 saturated heterocycles. The summed E-state index contributed by atoms with van der Waals surface area (Å²) >= 11 is 0. The summed E-state index contributed by atoms with van der Waals surface area (Å²) in [6.45, 7) is 0. The molecule has 0 bridgehead atoms. The van der Waals surface area contributed by atoms with Crippen LogP contribution in [0.3, 0.4) is 0 Å². The fraction of sp³-hybridized carbons (Fsp3) is 0.0500. The number of rotatable bonds is 5. The number of nitrogens with zero attached hydrogens (tertiary/aromatic N) is 1. The van der Waals surface area contributed by atoms with E-state index in [0.717, 1.165) is 10.8 Å². The van der Waals surface area contributed by atoms with Gasteiger partial charge in [-0.3, -0.25) is 0 Å². The lowest BCUT2D eigenvalue weighted by molar-refractivity contribution is -0.129. The van der Waals surface area contributed by atoms with E-state index in [1.54, 1.807) is 18.2 Å². The summed E-state index contributed by atoms with van der Waals surface area (Å²) in [6.07, 6.45) is 0.113. The Labute approximate surface area is 143 Å². The van der Waals surface area contributed by atoms with Gasteiger partial charge in [0.2, 0.25) is 0 Å². The molecule has 3 rings (SSSR count). The number of aliphatic imine (C=N–C) groups is 1. The summed E-state index contributed by atoms with van der Waals surface area (Å²) in [7, 11) is 0. The predicted molar refractivity (Wildman–Crippen MR) is 95.8 cm³/mol. The summed E-state index contributed by atoms with van der Waals surface area (Å²) in [4.78, 5) is 26.7. The zero-order valence-electron chi connectivity index (χ0n) is 13.2. The number of carbonyl (C=O) groups is 2. The number of hydrogen-bond acceptors (Lipinski definition) is 3. The van der Waals surface area contributed by atoms with Crippen molar-refractivity contribution in [3.05, 3.63) is 77.9 Å². The quantitative estimate of drug-likeness (QED) is 0.692. The summed E-state index contributed by atoms with van der Waals surface area (Å²) in [5.74, 6) is -2.12. The van der Waals surface area contributed by atoms with Gasteiger partial charge >= 0.3 is 11.9 Å². The highest BCUT2D eigenvalue weighted by molar-refractivity contribution is 6.36. The number of carboxylic acids is 2. The number of carboxylic acid groups (broad SMARTS) is 2. The maximum atomic E-state index is 11.5. The van der Waals surface area contributed by atoms with E-state index < -0.39 is 11.9 Å². The Morgan fingerprint density at radius 3 is 2.16 bits per heavy atom. The number of aromatic carboxylic acids is 1. The number of benzene rings is 3. The van der Waals surface area contributed by atoms with Crippen molar-refractivity contribution in [1.82, 2.24) is 0 Å². The topological polar surface area (TPSA) is 87.0 Å². The van der Waals surface area contributed by atoms with Gasteiger partial charge in [0.1, 0.15) is 5.71 Å². The molecular formula is C20H15NO4. The third-order valence-electron chi connectivity index (χ3n) is 3.82. The summed E-state index contributed by atoms with van der Waals surface area (Å²) in [5, 5.41) is 20.4. The number of fused-ring (bicyclic) bond motifs is 1. The maximum Gasteiger partial charge on any atom is 0.350 e. The highest BCUT2D eigenvalue weighted by Crippen LogP contribution is 2.21. The number of hydrogen-bond donors (Lipinski definition) is 2. The lowest BCUT2D eigenvalue weighted by Crippen LogP contribution is -2.15. The van der Waals surface area contributed by atoms with Crippen LogP contribution in [-0.2, 0) is 11.2 Å². The van der Waals surface area contributed by atoms with Crippen molar-refractivity contribution in [3.8, 4) is 0 Å². The van der Waals surface area contributed by atoms with E-state index in [9.17, 15) is 14.7 Å². The van der Waals surface area contributed by atoms with Gasteiger partial charge in [0.15, 0.2) is 0 Å². The van der Waals surface area contributed by atoms with E-state index in [1.807, 2.05) is 36.4 Å². The molecule has 5 nitrogen and oxygen atoms in total. The maximum absolute atomic E-state index is 11.5. The van der Waals surface area contributed by atoms with Crippen LogP contribution in [0.4, 0.5) is 5.69 Å². The van der Waals surface area contributed by atoms with E-state index >= 15 is 0 Å². The Morgan fingerprint density at radius 2 is 1.52 bits per heavy atom. The third-order valence-corrected chi connectivity index (χ3v) is 3.82. The van der Waals surface area contributed by atoms with E-state index in [0.29, 0.717) is 11.3 Å². The zero-order valence-corrected chi connectivity index (χ0v) is 13.2. The van der Waals surface area contributed by atoms with Crippen molar-refractivity contribution in [2.45, 2.75) is 6.42 Å². The molecule has 0 unspecified atom stereocenters. The van der Waals surface area contributed by atoms with Gasteiger partial charge in [0.25, 0.3) is 0 Å². The van der Waals surface area contributed by atoms with Crippen molar-refractivity contribution in [3.63, 3.8) is 0 Å². The minimum Gasteiger partial charge on any atom is -0.478 e. The van der Waals surface area contributed by atoms with Crippen molar-refractivity contribution >= 4 is 34.1 Å². The first-order chi connectivity index (χ1) is 12.0. The van der Waals surface area contributed by atoms with Crippen LogP contribution in [-0.4, -0.2) is 27.9 Å². The van der Waals surface area contributed by atoms with Crippen LogP contribution in [0.15, 0.2) is 71.7 Å². The molecule has 5 heteroatoms. The van der Waals surface area contributed by atoms with Crippen LogP contribution in [0, 0.1) is 0 Å². The average molecular weight is 333 g/mol. The summed E-state index contributed by atoms with van der Waals surface area (Å²) < 4.78 is 0. The average Bonchev–Trinajstić information content (AvgIpc) is 2.61. The summed E-state index contributed by atoms with van der Waals surface area (Å²) in [5.41, 5.74) is 1.41. The molecular weight excluding hydrogens is 318 g/mol. The standard InChI is InChI=1S/C20H15NO4/c22-19(23)15-7-5-13(6-8-15)11-18(20(24)25)21-17-10-9-14-3-1-2-4-16(14)12-17/h1-10,12H,11H2,(H,22,23)(H,24,25). The van der Waals surface area contributed by atoms with Gasteiger partial charge in [-0.25, -0.2) is 14.6 Å². The second kappa shape index (κ2) is 6.97. The fourth-order valence-electron chi connectivity index (χ4n) is 2.52. The molecule has 0 saturated carbocycles. The van der Waals surface area contributed by atoms with E-state index in [1.165, 1.54) is 12.1 Å². The summed E-state index contributed by atoms with van der Waals surface area (Å²) in [6, 6.07) is 19.4. The van der Waals surface area contributed by atoms with E-state index in [-0.39, 0.29) is 17.7 Å². The minimum atomic E-state index is -1.10. The van der Waals surface area contributed by atoms with Gasteiger partial charge in [-0.2, -0.15) is 0 Å². The second-order valence-corrected chi connectivity index (χ2v) is 5.57. The lowest BCUT2D eigenvalue weighted by Gasteiger charge is -2.04. The van der Waals surface area contributed by atoms with Gasteiger partial charge < -0.3 is 10.2 Å². The molecule has 0 fully saturated rings. The molecule has 25 heavy (non-hydrogen) atoms. The van der Waals surface area contributed by atoms with Crippen LogP contribution in [0.25, 0.3) is 10.8 Å². The molecule has 2 N–H and O–H groups in total. The molecule has 0 aliphatic carbocycles. The Hall–Kier alpha value is -3.47. The normalized spacial score (nSPS) is 11.4. The molecule has 124 valence electrons. The Bertz CT molecular complexity index is 974. The molecule has 0 spiro atoms. The molecule has 0 atom stereocenters. The molecule has 3 aromatic rings. The molecule has 3 aromatic carbocycles. The Morgan fingerprint density at radius 1 is 0.840 bits per heavy atom. The number of aliphatic carboxylic acids is 1. The van der Waals surface area contributed by atoms with Crippen molar-refractivity contribution < 1.29 is 19.8 Å². The highest BCUT2D eigenvalue weighted by Gasteiger charge is 2.12. The van der Waals surface area contributed by atoms with Crippen molar-refractivity contribution in [1.29, 1.82) is 0 Å². The molecule has 0 radical (unpaired) electrons. The molecule has 0 aliphatic rings. The first-order valence-electron chi connectivity index (χ1n) is 7.65. The first kappa shape index (κ1) is 16.4. The molecule has 0 heterocycles. The first-order valence-corrected chi connectivity index (χ1v) is 7.65. The van der Waals surface area contributed by atoms with E-state index in [4.69, 9.17) is 5.11 Å². The monoisotopic (exact) mass is 333 g/mol. The third kappa shape index (κ3) is 3.90. The van der Waals surface area contributed by atoms with Gasteiger partial charge in [-0.05, 0) is 40.6 Å². The van der Waals surface area contributed by atoms with E-state index in [2.05, 4.69) is 4.99 Å². The van der Waals surface area contributed by atoms with Crippen LogP contribution in [0.5, 0.6) is 0 Å². The molecule has 0 aromatic heterocycles. The van der Waals surface area contributed by atoms with Gasteiger partial charge in [-0.1, -0.05) is 42.5 Å². The highest BCUT2D eigenvalue weighted by atomic mass is 16.4. The van der Waals surface area contributed by atoms with Crippen molar-refractivity contribution in [2.24, 2.45) is 4.99 Å². The zero-order chi connectivity index (χ0) is 17.8. The van der Waals surface area contributed by atoms with Gasteiger partial charge in [-0.15, -0.1) is 0 Å². The van der Waals surface area contributed by atoms with Gasteiger partial charge in [0, 0.05) is 6.42 Å². The van der Waals surface area contributed by atoms with Crippen LogP contribution in [0.1, 0.15) is 15.9 Å². The molecule has 0 aliphatic heterocycles. The predicted octanol–water partition coefficient (Wildman–Crippen LogP) is 3.94. The van der Waals surface area contributed by atoms with Crippen LogP contribution in [0.2, 0.25) is 0 Å². The van der Waals surface area contributed by atoms with Crippen molar-refractivity contribution in [2.75, 3.05) is 0 Å². The van der Waals surface area contributed by atoms with Crippen LogP contribution < -0.4 is 0 Å².